The van der Waals surface area contributed by atoms with Crippen molar-refractivity contribution >= 4 is 39.5 Å². The van der Waals surface area contributed by atoms with E-state index in [0.717, 1.165) is 16.4 Å². The van der Waals surface area contributed by atoms with Gasteiger partial charge in [0.15, 0.2) is 6.61 Å². The van der Waals surface area contributed by atoms with Crippen LogP contribution in [0.1, 0.15) is 10.4 Å². The minimum atomic E-state index is -0.478. The van der Waals surface area contributed by atoms with Crippen molar-refractivity contribution in [3.63, 3.8) is 0 Å². The van der Waals surface area contributed by atoms with E-state index in [1.807, 2.05) is 30.3 Å². The van der Waals surface area contributed by atoms with Gasteiger partial charge in [-0.3, -0.25) is 4.79 Å². The Labute approximate surface area is 172 Å². The molecule has 7 heteroatoms. The Morgan fingerprint density at radius 3 is 2.57 bits per heavy atom. The zero-order chi connectivity index (χ0) is 21.1. The van der Waals surface area contributed by atoms with Gasteiger partial charge >= 0.3 is 5.97 Å². The molecule has 4 rings (SSSR count). The number of nitrogens with one attached hydrogen (secondary N) is 1. The topological polar surface area (TPSA) is 87.0 Å². The summed E-state index contributed by atoms with van der Waals surface area (Å²) >= 11 is 0. The van der Waals surface area contributed by atoms with Crippen molar-refractivity contribution in [1.29, 1.82) is 0 Å². The molecule has 7 nitrogen and oxygen atoms in total. The number of carbonyl (C=O) groups is 2. The number of carbonyl (C=O) groups excluding carboxylic acids is 2. The monoisotopic (exact) mass is 405 g/mol. The normalized spacial score (nSPS) is 10.7. The number of methoxy groups -OCH3 is 2. The molecule has 0 aliphatic heterocycles. The van der Waals surface area contributed by atoms with Crippen LogP contribution in [-0.2, 0) is 9.53 Å². The van der Waals surface area contributed by atoms with Crippen LogP contribution in [0.3, 0.4) is 0 Å². The molecule has 4 aromatic rings. The summed E-state index contributed by atoms with van der Waals surface area (Å²) in [5, 5.41) is 4.65. The van der Waals surface area contributed by atoms with Crippen LogP contribution in [0.4, 0.5) is 5.69 Å². The summed E-state index contributed by atoms with van der Waals surface area (Å²) in [4.78, 5) is 24.0. The van der Waals surface area contributed by atoms with E-state index in [1.54, 1.807) is 24.3 Å². The zero-order valence-corrected chi connectivity index (χ0v) is 16.4. The molecular weight excluding hydrogens is 386 g/mol. The minimum Gasteiger partial charge on any atom is -0.495 e. The largest absolute Gasteiger partial charge is 0.495 e. The van der Waals surface area contributed by atoms with Crippen LogP contribution in [0.15, 0.2) is 65.1 Å². The Hall–Kier alpha value is -4.00. The second-order valence-corrected chi connectivity index (χ2v) is 6.50. The molecule has 0 saturated carbocycles. The summed E-state index contributed by atoms with van der Waals surface area (Å²) in [5.74, 6) is 0.0313. The van der Waals surface area contributed by atoms with E-state index in [4.69, 9.17) is 13.9 Å². The number of amides is 1. The van der Waals surface area contributed by atoms with E-state index in [9.17, 15) is 9.59 Å². The molecule has 0 radical (unpaired) electrons. The molecule has 0 fully saturated rings. The summed E-state index contributed by atoms with van der Waals surface area (Å²) in [6, 6.07) is 17.7. The molecular formula is C23H19NO6. The first-order valence-electron chi connectivity index (χ1n) is 9.19. The van der Waals surface area contributed by atoms with Gasteiger partial charge in [0.2, 0.25) is 0 Å². The first kappa shape index (κ1) is 19.3. The summed E-state index contributed by atoms with van der Waals surface area (Å²) in [7, 11) is 2.84. The lowest BCUT2D eigenvalue weighted by Crippen LogP contribution is -2.20. The van der Waals surface area contributed by atoms with E-state index in [2.05, 4.69) is 10.1 Å². The Kier molecular flexibility index (Phi) is 5.26. The highest BCUT2D eigenvalue weighted by molar-refractivity contribution is 6.07. The van der Waals surface area contributed by atoms with Crippen LogP contribution in [-0.4, -0.2) is 32.7 Å². The summed E-state index contributed by atoms with van der Waals surface area (Å²) in [5.41, 5.74) is 2.21. The molecule has 0 spiro atoms. The van der Waals surface area contributed by atoms with E-state index < -0.39 is 5.97 Å². The molecule has 0 unspecified atom stereocenters. The second kappa shape index (κ2) is 8.16. The fraction of sp³-hybridized carbons (Fsp3) is 0.130. The highest BCUT2D eigenvalue weighted by Crippen LogP contribution is 2.36. The van der Waals surface area contributed by atoms with Crippen molar-refractivity contribution in [3.05, 3.63) is 66.2 Å². The minimum absolute atomic E-state index is 0.244. The number of rotatable bonds is 6. The van der Waals surface area contributed by atoms with Gasteiger partial charge in [-0.15, -0.1) is 0 Å². The number of hydrogen-bond acceptors (Lipinski definition) is 6. The lowest BCUT2D eigenvalue weighted by Gasteiger charge is -2.11. The van der Waals surface area contributed by atoms with Crippen molar-refractivity contribution in [3.8, 4) is 11.5 Å². The Morgan fingerprint density at radius 2 is 1.77 bits per heavy atom. The smallest absolute Gasteiger partial charge is 0.337 e. The first-order valence-corrected chi connectivity index (χ1v) is 9.19. The molecule has 30 heavy (non-hydrogen) atoms. The quantitative estimate of drug-likeness (QED) is 0.479. The molecule has 1 N–H and O–H groups in total. The fourth-order valence-corrected chi connectivity index (χ4v) is 3.18. The summed E-state index contributed by atoms with van der Waals surface area (Å²) in [6.07, 6.45) is 0. The van der Waals surface area contributed by atoms with Gasteiger partial charge in [0.05, 0.1) is 25.5 Å². The predicted octanol–water partition coefficient (Wildman–Crippen LogP) is 4.40. The molecule has 152 valence electrons. The third kappa shape index (κ3) is 3.77. The van der Waals surface area contributed by atoms with Gasteiger partial charge in [0, 0.05) is 16.8 Å². The van der Waals surface area contributed by atoms with Crippen molar-refractivity contribution in [2.75, 3.05) is 26.1 Å². The van der Waals surface area contributed by atoms with E-state index >= 15 is 0 Å². The first-order chi connectivity index (χ1) is 14.6. The average molecular weight is 405 g/mol. The van der Waals surface area contributed by atoms with Crippen LogP contribution in [0, 0.1) is 0 Å². The van der Waals surface area contributed by atoms with Crippen LogP contribution in [0.25, 0.3) is 21.9 Å². The lowest BCUT2D eigenvalue weighted by molar-refractivity contribution is -0.118. The van der Waals surface area contributed by atoms with Crippen molar-refractivity contribution < 1.29 is 28.2 Å². The number of ether oxygens (including phenoxy) is 3. The average Bonchev–Trinajstić information content (AvgIpc) is 3.14. The van der Waals surface area contributed by atoms with Crippen molar-refractivity contribution in [1.82, 2.24) is 0 Å². The van der Waals surface area contributed by atoms with Gasteiger partial charge < -0.3 is 23.9 Å². The SMILES string of the molecule is COC(=O)c1cccc(OCC(=O)Nc2cc3oc4ccccc4c3cc2OC)c1. The molecule has 0 aliphatic carbocycles. The van der Waals surface area contributed by atoms with Gasteiger partial charge in [-0.05, 0) is 30.3 Å². The van der Waals surface area contributed by atoms with Gasteiger partial charge in [-0.25, -0.2) is 4.79 Å². The number of esters is 1. The maximum atomic E-state index is 12.4. The maximum Gasteiger partial charge on any atom is 0.337 e. The molecule has 0 saturated heterocycles. The Balaban J connectivity index is 1.51. The van der Waals surface area contributed by atoms with Gasteiger partial charge in [-0.2, -0.15) is 0 Å². The Bertz CT molecular complexity index is 1240. The highest BCUT2D eigenvalue weighted by Gasteiger charge is 2.15. The zero-order valence-electron chi connectivity index (χ0n) is 16.4. The van der Waals surface area contributed by atoms with Gasteiger partial charge in [0.25, 0.3) is 5.91 Å². The maximum absolute atomic E-state index is 12.4. The number of furan rings is 1. The number of para-hydroxylation sites is 1. The predicted molar refractivity (Wildman–Crippen MR) is 112 cm³/mol. The standard InChI is InChI=1S/C23H19NO6/c1-27-21-11-17-16-8-3-4-9-19(16)30-20(17)12-18(21)24-22(25)13-29-15-7-5-6-14(10-15)23(26)28-2/h3-12H,13H2,1-2H3,(H,24,25). The van der Waals surface area contributed by atoms with Crippen LogP contribution >= 0.6 is 0 Å². The summed E-state index contributed by atoms with van der Waals surface area (Å²) in [6.45, 7) is -0.244. The number of hydrogen-bond donors (Lipinski definition) is 1. The third-order valence-corrected chi connectivity index (χ3v) is 4.60. The van der Waals surface area contributed by atoms with Gasteiger partial charge in [0.1, 0.15) is 22.7 Å². The number of anilines is 1. The molecule has 0 atom stereocenters. The van der Waals surface area contributed by atoms with Crippen LogP contribution in [0.5, 0.6) is 11.5 Å². The van der Waals surface area contributed by atoms with E-state index in [-0.39, 0.29) is 12.5 Å². The Morgan fingerprint density at radius 1 is 0.933 bits per heavy atom. The summed E-state index contributed by atoms with van der Waals surface area (Å²) < 4.78 is 21.5. The molecule has 0 aliphatic rings. The number of fused-ring (bicyclic) bond motifs is 3. The van der Waals surface area contributed by atoms with Crippen molar-refractivity contribution in [2.45, 2.75) is 0 Å². The molecule has 1 amide bonds. The molecule has 1 aromatic heterocycles. The highest BCUT2D eigenvalue weighted by atomic mass is 16.5. The fourth-order valence-electron chi connectivity index (χ4n) is 3.18. The third-order valence-electron chi connectivity index (χ3n) is 4.60. The van der Waals surface area contributed by atoms with Crippen LogP contribution < -0.4 is 14.8 Å². The van der Waals surface area contributed by atoms with E-state index in [0.29, 0.717) is 28.3 Å². The second-order valence-electron chi connectivity index (χ2n) is 6.50. The lowest BCUT2D eigenvalue weighted by atomic mass is 10.1. The van der Waals surface area contributed by atoms with Crippen molar-refractivity contribution in [2.24, 2.45) is 0 Å². The van der Waals surface area contributed by atoms with Gasteiger partial charge in [-0.1, -0.05) is 24.3 Å². The van der Waals surface area contributed by atoms with Crippen LogP contribution in [0.2, 0.25) is 0 Å². The van der Waals surface area contributed by atoms with E-state index in [1.165, 1.54) is 20.3 Å². The number of benzene rings is 3. The molecule has 3 aromatic carbocycles. The molecule has 0 bridgehead atoms. The molecule has 1 heterocycles.